The van der Waals surface area contributed by atoms with E-state index in [1.807, 2.05) is 39.8 Å². The van der Waals surface area contributed by atoms with Crippen LogP contribution in [-0.2, 0) is 14.8 Å². The van der Waals surface area contributed by atoms with E-state index in [1.54, 1.807) is 18.2 Å². The Hall–Kier alpha value is -2.05. The van der Waals surface area contributed by atoms with Crippen molar-refractivity contribution in [3.05, 3.63) is 57.6 Å². The monoisotopic (exact) mass is 394 g/mol. The molecule has 2 aromatic carbocycles. The van der Waals surface area contributed by atoms with Crippen LogP contribution < -0.4 is 9.62 Å². The first kappa shape index (κ1) is 20.3. The highest BCUT2D eigenvalue weighted by atomic mass is 35.5. The van der Waals surface area contributed by atoms with Gasteiger partial charge in [0.15, 0.2) is 0 Å². The molecule has 1 N–H and O–H groups in total. The summed E-state index contributed by atoms with van der Waals surface area (Å²) in [5.41, 5.74) is 4.61. The minimum Gasteiger partial charge on any atom is -0.324 e. The lowest BCUT2D eigenvalue weighted by Crippen LogP contribution is -2.38. The summed E-state index contributed by atoms with van der Waals surface area (Å²) in [6.07, 6.45) is 1.10. The van der Waals surface area contributed by atoms with Gasteiger partial charge >= 0.3 is 0 Å². The van der Waals surface area contributed by atoms with Crippen molar-refractivity contribution in [2.24, 2.45) is 0 Å². The van der Waals surface area contributed by atoms with Crippen LogP contribution in [0.5, 0.6) is 0 Å². The summed E-state index contributed by atoms with van der Waals surface area (Å²) in [5, 5.41) is 3.33. The molecule has 0 heterocycles. The summed E-state index contributed by atoms with van der Waals surface area (Å²) >= 11 is 5.93. The van der Waals surface area contributed by atoms with Crippen LogP contribution in [0.2, 0.25) is 5.02 Å². The van der Waals surface area contributed by atoms with Gasteiger partial charge in [0.1, 0.15) is 6.54 Å². The number of anilines is 2. The molecule has 26 heavy (non-hydrogen) atoms. The van der Waals surface area contributed by atoms with Crippen molar-refractivity contribution < 1.29 is 13.2 Å². The Kier molecular flexibility index (Phi) is 5.98. The van der Waals surface area contributed by atoms with Gasteiger partial charge in [0.2, 0.25) is 15.9 Å². The average molecular weight is 395 g/mol. The standard InChI is InChI=1S/C19H23ClN2O3S/c1-12-8-14(3)19(15(4)9-12)22(26(5,24)25)11-18(23)21-17-7-6-16(20)10-13(17)2/h6-10H,11H2,1-5H3,(H,21,23). The van der Waals surface area contributed by atoms with Crippen LogP contribution in [0.1, 0.15) is 22.3 Å². The van der Waals surface area contributed by atoms with Crippen LogP contribution in [0.25, 0.3) is 0 Å². The number of halogens is 1. The predicted molar refractivity (Wildman–Crippen MR) is 108 cm³/mol. The van der Waals surface area contributed by atoms with Crippen molar-refractivity contribution in [1.82, 2.24) is 0 Å². The Balaban J connectivity index is 2.34. The second kappa shape index (κ2) is 7.68. The highest BCUT2D eigenvalue weighted by molar-refractivity contribution is 7.92. The zero-order chi connectivity index (χ0) is 19.6. The Morgan fingerprint density at radius 2 is 1.62 bits per heavy atom. The predicted octanol–water partition coefficient (Wildman–Crippen LogP) is 3.98. The lowest BCUT2D eigenvalue weighted by Gasteiger charge is -2.26. The summed E-state index contributed by atoms with van der Waals surface area (Å²) in [6.45, 7) is 7.16. The molecule has 2 rings (SSSR count). The maximum Gasteiger partial charge on any atom is 0.245 e. The molecule has 7 heteroatoms. The molecule has 0 fully saturated rings. The fourth-order valence-corrected chi connectivity index (χ4v) is 4.21. The van der Waals surface area contributed by atoms with Gasteiger partial charge in [0.25, 0.3) is 0 Å². The molecule has 0 atom stereocenters. The molecule has 0 spiro atoms. The molecule has 0 aliphatic rings. The normalized spacial score (nSPS) is 11.3. The molecule has 0 unspecified atom stereocenters. The van der Waals surface area contributed by atoms with E-state index in [0.29, 0.717) is 16.4 Å². The van der Waals surface area contributed by atoms with Crippen LogP contribution in [0, 0.1) is 27.7 Å². The molecule has 1 amide bonds. The molecular weight excluding hydrogens is 372 g/mol. The highest BCUT2D eigenvalue weighted by Crippen LogP contribution is 2.28. The number of carbonyl (C=O) groups excluding carboxylic acids is 1. The number of carbonyl (C=O) groups is 1. The smallest absolute Gasteiger partial charge is 0.245 e. The van der Waals surface area contributed by atoms with Crippen LogP contribution in [0.15, 0.2) is 30.3 Å². The van der Waals surface area contributed by atoms with Crippen molar-refractivity contribution >= 4 is 38.9 Å². The van der Waals surface area contributed by atoms with Crippen molar-refractivity contribution in [3.8, 4) is 0 Å². The fraction of sp³-hybridized carbons (Fsp3) is 0.316. The summed E-state index contributed by atoms with van der Waals surface area (Å²) < 4.78 is 25.8. The van der Waals surface area contributed by atoms with Crippen LogP contribution in [-0.4, -0.2) is 27.1 Å². The van der Waals surface area contributed by atoms with E-state index in [0.717, 1.165) is 32.8 Å². The maximum atomic E-state index is 12.5. The van der Waals surface area contributed by atoms with E-state index in [-0.39, 0.29) is 6.54 Å². The third kappa shape index (κ3) is 4.77. The number of hydrogen-bond acceptors (Lipinski definition) is 3. The number of nitrogens with zero attached hydrogens (tertiary/aromatic N) is 1. The zero-order valence-electron chi connectivity index (χ0n) is 15.6. The SMILES string of the molecule is Cc1cc(C)c(N(CC(=O)Nc2ccc(Cl)cc2C)S(C)(=O)=O)c(C)c1. The van der Waals surface area contributed by atoms with Crippen LogP contribution >= 0.6 is 11.6 Å². The van der Waals surface area contributed by atoms with Crippen molar-refractivity contribution in [1.29, 1.82) is 0 Å². The number of aryl methyl sites for hydroxylation is 4. The van der Waals surface area contributed by atoms with E-state index >= 15 is 0 Å². The second-order valence-electron chi connectivity index (χ2n) is 6.52. The summed E-state index contributed by atoms with van der Waals surface area (Å²) in [7, 11) is -3.63. The lowest BCUT2D eigenvalue weighted by atomic mass is 10.1. The molecule has 0 saturated carbocycles. The van der Waals surface area contributed by atoms with Gasteiger partial charge in [-0.05, 0) is 62.6 Å². The van der Waals surface area contributed by atoms with Gasteiger partial charge in [-0.2, -0.15) is 0 Å². The molecule has 0 aliphatic carbocycles. The largest absolute Gasteiger partial charge is 0.324 e. The first-order valence-electron chi connectivity index (χ1n) is 8.10. The number of rotatable bonds is 5. The zero-order valence-corrected chi connectivity index (χ0v) is 17.1. The highest BCUT2D eigenvalue weighted by Gasteiger charge is 2.24. The van der Waals surface area contributed by atoms with E-state index in [9.17, 15) is 13.2 Å². The maximum absolute atomic E-state index is 12.5. The lowest BCUT2D eigenvalue weighted by molar-refractivity contribution is -0.114. The number of sulfonamides is 1. The van der Waals surface area contributed by atoms with Crippen LogP contribution in [0.3, 0.4) is 0 Å². The Morgan fingerprint density at radius 3 is 2.12 bits per heavy atom. The molecule has 0 aliphatic heterocycles. The third-order valence-corrected chi connectivity index (χ3v) is 5.38. The van der Waals surface area contributed by atoms with Gasteiger partial charge in [0.05, 0.1) is 11.9 Å². The van der Waals surface area contributed by atoms with Gasteiger partial charge < -0.3 is 5.32 Å². The molecule has 2 aromatic rings. The van der Waals surface area contributed by atoms with E-state index in [1.165, 1.54) is 0 Å². The fourth-order valence-electron chi connectivity index (χ4n) is 3.02. The molecule has 0 radical (unpaired) electrons. The molecule has 5 nitrogen and oxygen atoms in total. The molecule has 0 aromatic heterocycles. The number of benzene rings is 2. The van der Waals surface area contributed by atoms with E-state index < -0.39 is 15.9 Å². The summed E-state index contributed by atoms with van der Waals surface area (Å²) in [4.78, 5) is 12.5. The first-order chi connectivity index (χ1) is 12.0. The minimum atomic E-state index is -3.63. The third-order valence-electron chi connectivity index (χ3n) is 4.03. The minimum absolute atomic E-state index is 0.300. The van der Waals surface area contributed by atoms with Gasteiger partial charge in [-0.25, -0.2) is 8.42 Å². The van der Waals surface area contributed by atoms with Crippen LogP contribution in [0.4, 0.5) is 11.4 Å². The summed E-state index contributed by atoms with van der Waals surface area (Å²) in [5.74, 6) is -0.416. The number of nitrogens with one attached hydrogen (secondary N) is 1. The van der Waals surface area contributed by atoms with Crippen molar-refractivity contribution in [2.45, 2.75) is 27.7 Å². The van der Waals surface area contributed by atoms with Gasteiger partial charge in [0, 0.05) is 10.7 Å². The molecule has 0 bridgehead atoms. The van der Waals surface area contributed by atoms with Gasteiger partial charge in [-0.1, -0.05) is 29.3 Å². The van der Waals surface area contributed by atoms with E-state index in [4.69, 9.17) is 11.6 Å². The topological polar surface area (TPSA) is 66.5 Å². The number of hydrogen-bond donors (Lipinski definition) is 1. The molecular formula is C19H23ClN2O3S. The summed E-state index contributed by atoms with van der Waals surface area (Å²) in [6, 6.07) is 8.92. The Morgan fingerprint density at radius 1 is 1.04 bits per heavy atom. The van der Waals surface area contributed by atoms with Crippen molar-refractivity contribution in [3.63, 3.8) is 0 Å². The molecule has 0 saturated heterocycles. The number of amides is 1. The van der Waals surface area contributed by atoms with E-state index in [2.05, 4.69) is 5.32 Å². The first-order valence-corrected chi connectivity index (χ1v) is 10.3. The van der Waals surface area contributed by atoms with Crippen molar-refractivity contribution in [2.75, 3.05) is 22.4 Å². The Bertz CT molecular complexity index is 932. The molecule has 140 valence electrons. The average Bonchev–Trinajstić information content (AvgIpc) is 2.47. The Labute approximate surface area is 160 Å². The second-order valence-corrected chi connectivity index (χ2v) is 8.87. The van der Waals surface area contributed by atoms with Gasteiger partial charge in [-0.3, -0.25) is 9.10 Å². The quantitative estimate of drug-likeness (QED) is 0.834. The van der Waals surface area contributed by atoms with Gasteiger partial charge in [-0.15, -0.1) is 0 Å².